The van der Waals surface area contributed by atoms with Crippen molar-refractivity contribution in [3.05, 3.63) is 40.3 Å². The summed E-state index contributed by atoms with van der Waals surface area (Å²) in [6, 6.07) is 4.75. The Bertz CT molecular complexity index is 890. The molecular weight excluding hydrogens is 374 g/mol. The molecule has 9 heteroatoms. The van der Waals surface area contributed by atoms with Crippen LogP contribution >= 0.6 is 11.3 Å². The molecule has 8 nitrogen and oxygen atoms in total. The highest BCUT2D eigenvalue weighted by Crippen LogP contribution is 2.34. The van der Waals surface area contributed by atoms with E-state index < -0.39 is 17.8 Å². The van der Waals surface area contributed by atoms with Crippen molar-refractivity contribution in [2.45, 2.75) is 13.8 Å². The van der Waals surface area contributed by atoms with Crippen LogP contribution < -0.4 is 14.8 Å². The summed E-state index contributed by atoms with van der Waals surface area (Å²) >= 11 is 1.04. The number of ether oxygens (including phenoxy) is 4. The maximum Gasteiger partial charge on any atom is 0.342 e. The second kappa shape index (κ2) is 8.09. The van der Waals surface area contributed by atoms with Gasteiger partial charge in [0.2, 0.25) is 6.79 Å². The quantitative estimate of drug-likeness (QED) is 0.755. The molecule has 1 N–H and O–H groups in total. The third-order valence-electron chi connectivity index (χ3n) is 3.63. The standard InChI is InChI=1S/C18H17NO7S/c1-3-23-17(21)11-8-27-16(14(11)18(22)24-4-2)19-15(20)10-5-6-12-13(7-10)26-9-25-12/h5-8H,3-4,9H2,1-2H3,(H,19,20). The van der Waals surface area contributed by atoms with E-state index in [1.807, 2.05) is 0 Å². The molecule has 0 radical (unpaired) electrons. The Morgan fingerprint density at radius 1 is 1.07 bits per heavy atom. The van der Waals surface area contributed by atoms with Crippen molar-refractivity contribution < 1.29 is 33.3 Å². The first-order valence-electron chi connectivity index (χ1n) is 8.21. The van der Waals surface area contributed by atoms with Crippen LogP contribution in [0.5, 0.6) is 11.5 Å². The summed E-state index contributed by atoms with van der Waals surface area (Å²) in [5.74, 6) is -0.801. The zero-order valence-corrected chi connectivity index (χ0v) is 15.5. The van der Waals surface area contributed by atoms with E-state index in [1.54, 1.807) is 32.0 Å². The zero-order chi connectivity index (χ0) is 19.4. The van der Waals surface area contributed by atoms with E-state index >= 15 is 0 Å². The van der Waals surface area contributed by atoms with Crippen LogP contribution in [0.25, 0.3) is 0 Å². The van der Waals surface area contributed by atoms with Crippen LogP contribution in [-0.2, 0) is 9.47 Å². The van der Waals surface area contributed by atoms with Crippen LogP contribution in [0.2, 0.25) is 0 Å². The van der Waals surface area contributed by atoms with Crippen molar-refractivity contribution in [2.75, 3.05) is 25.3 Å². The van der Waals surface area contributed by atoms with Gasteiger partial charge in [0.25, 0.3) is 5.91 Å². The minimum atomic E-state index is -0.706. The molecule has 27 heavy (non-hydrogen) atoms. The number of amides is 1. The zero-order valence-electron chi connectivity index (χ0n) is 14.7. The highest BCUT2D eigenvalue weighted by Gasteiger charge is 2.27. The smallest absolute Gasteiger partial charge is 0.342 e. The van der Waals surface area contributed by atoms with E-state index in [-0.39, 0.29) is 36.1 Å². The summed E-state index contributed by atoms with van der Waals surface area (Å²) in [6.07, 6.45) is 0. The average Bonchev–Trinajstić information content (AvgIpc) is 3.28. The average molecular weight is 391 g/mol. The van der Waals surface area contributed by atoms with Crippen LogP contribution in [0.1, 0.15) is 44.9 Å². The number of thiophene rings is 1. The number of hydrogen-bond donors (Lipinski definition) is 1. The SMILES string of the molecule is CCOC(=O)c1csc(NC(=O)c2ccc3c(c2)OCO3)c1C(=O)OCC. The summed E-state index contributed by atoms with van der Waals surface area (Å²) in [7, 11) is 0. The van der Waals surface area contributed by atoms with E-state index in [4.69, 9.17) is 18.9 Å². The van der Waals surface area contributed by atoms with Crippen LogP contribution in [0.3, 0.4) is 0 Å². The van der Waals surface area contributed by atoms with E-state index in [1.165, 1.54) is 5.38 Å². The number of carbonyl (C=O) groups is 3. The molecule has 1 aromatic carbocycles. The lowest BCUT2D eigenvalue weighted by Gasteiger charge is -2.08. The van der Waals surface area contributed by atoms with Gasteiger partial charge in [0.05, 0.1) is 18.8 Å². The van der Waals surface area contributed by atoms with E-state index in [9.17, 15) is 14.4 Å². The second-order valence-electron chi connectivity index (χ2n) is 5.32. The van der Waals surface area contributed by atoms with Gasteiger partial charge in [0.1, 0.15) is 10.6 Å². The predicted molar refractivity (Wildman–Crippen MR) is 96.8 cm³/mol. The molecule has 0 saturated carbocycles. The highest BCUT2D eigenvalue weighted by atomic mass is 32.1. The minimum absolute atomic E-state index is 0.0191. The van der Waals surface area contributed by atoms with Gasteiger partial charge >= 0.3 is 11.9 Å². The third kappa shape index (κ3) is 3.87. The molecule has 0 aliphatic carbocycles. The van der Waals surface area contributed by atoms with Crippen LogP contribution in [0, 0.1) is 0 Å². The number of benzene rings is 1. The normalized spacial score (nSPS) is 11.8. The molecule has 1 aliphatic rings. The Labute approximate surface area is 159 Å². The monoisotopic (exact) mass is 391 g/mol. The predicted octanol–water partition coefficient (Wildman–Crippen LogP) is 3.08. The van der Waals surface area contributed by atoms with E-state index in [2.05, 4.69) is 5.32 Å². The van der Waals surface area contributed by atoms with Crippen molar-refractivity contribution in [3.8, 4) is 11.5 Å². The fourth-order valence-electron chi connectivity index (χ4n) is 2.43. The van der Waals surface area contributed by atoms with Gasteiger partial charge in [-0.15, -0.1) is 11.3 Å². The van der Waals surface area contributed by atoms with Crippen LogP contribution in [0.4, 0.5) is 5.00 Å². The molecule has 0 unspecified atom stereocenters. The van der Waals surface area contributed by atoms with Gasteiger partial charge in [0, 0.05) is 10.9 Å². The second-order valence-corrected chi connectivity index (χ2v) is 6.20. The Hall–Kier alpha value is -3.07. The molecule has 0 spiro atoms. The van der Waals surface area contributed by atoms with Gasteiger partial charge in [-0.2, -0.15) is 0 Å². The van der Waals surface area contributed by atoms with Gasteiger partial charge < -0.3 is 24.3 Å². The number of rotatable bonds is 6. The maximum atomic E-state index is 12.6. The summed E-state index contributed by atoms with van der Waals surface area (Å²) in [6.45, 7) is 3.71. The molecular formula is C18H17NO7S. The Kier molecular flexibility index (Phi) is 5.60. The fraction of sp³-hybridized carbons (Fsp3) is 0.278. The molecule has 3 rings (SSSR count). The summed E-state index contributed by atoms with van der Waals surface area (Å²) in [4.78, 5) is 37.0. The van der Waals surface area contributed by atoms with Gasteiger partial charge in [-0.3, -0.25) is 4.79 Å². The molecule has 142 valence electrons. The van der Waals surface area contributed by atoms with Gasteiger partial charge in [-0.1, -0.05) is 0 Å². The molecule has 1 amide bonds. The van der Waals surface area contributed by atoms with E-state index in [0.717, 1.165) is 11.3 Å². The highest BCUT2D eigenvalue weighted by molar-refractivity contribution is 7.15. The Morgan fingerprint density at radius 2 is 1.78 bits per heavy atom. The van der Waals surface area contributed by atoms with Crippen LogP contribution in [0.15, 0.2) is 23.6 Å². The summed E-state index contributed by atoms with van der Waals surface area (Å²) in [5, 5.41) is 4.31. The number of hydrogen-bond acceptors (Lipinski definition) is 8. The lowest BCUT2D eigenvalue weighted by Crippen LogP contribution is -2.17. The lowest BCUT2D eigenvalue weighted by atomic mass is 10.1. The molecule has 2 heterocycles. The first-order chi connectivity index (χ1) is 13.0. The lowest BCUT2D eigenvalue weighted by molar-refractivity contribution is 0.0481. The number of fused-ring (bicyclic) bond motifs is 1. The van der Waals surface area contributed by atoms with Crippen molar-refractivity contribution in [3.63, 3.8) is 0 Å². The van der Waals surface area contributed by atoms with Crippen molar-refractivity contribution >= 4 is 34.2 Å². The van der Waals surface area contributed by atoms with Gasteiger partial charge in [-0.25, -0.2) is 9.59 Å². The topological polar surface area (TPSA) is 100 Å². The molecule has 1 aliphatic heterocycles. The third-order valence-corrected chi connectivity index (χ3v) is 4.52. The number of carbonyl (C=O) groups excluding carboxylic acids is 3. The first-order valence-corrected chi connectivity index (χ1v) is 9.09. The largest absolute Gasteiger partial charge is 0.462 e. The molecule has 2 aromatic rings. The summed E-state index contributed by atoms with van der Waals surface area (Å²) < 4.78 is 20.5. The molecule has 0 atom stereocenters. The number of anilines is 1. The Morgan fingerprint density at radius 3 is 2.52 bits per heavy atom. The fourth-order valence-corrected chi connectivity index (χ4v) is 3.34. The number of nitrogens with one attached hydrogen (secondary N) is 1. The molecule has 0 bridgehead atoms. The Balaban J connectivity index is 1.88. The molecule has 0 saturated heterocycles. The minimum Gasteiger partial charge on any atom is -0.462 e. The maximum absolute atomic E-state index is 12.6. The first kappa shape index (κ1) is 18.7. The van der Waals surface area contributed by atoms with Crippen LogP contribution in [-0.4, -0.2) is 37.9 Å². The van der Waals surface area contributed by atoms with E-state index in [0.29, 0.717) is 17.1 Å². The van der Waals surface area contributed by atoms with Gasteiger partial charge in [0.15, 0.2) is 11.5 Å². The molecule has 1 aromatic heterocycles. The summed E-state index contributed by atoms with van der Waals surface area (Å²) in [5.41, 5.74) is 0.357. The number of esters is 2. The van der Waals surface area contributed by atoms with Crippen molar-refractivity contribution in [1.82, 2.24) is 0 Å². The molecule has 0 fully saturated rings. The van der Waals surface area contributed by atoms with Crippen molar-refractivity contribution in [2.24, 2.45) is 0 Å². The van der Waals surface area contributed by atoms with Crippen molar-refractivity contribution in [1.29, 1.82) is 0 Å². The van der Waals surface area contributed by atoms with Gasteiger partial charge in [-0.05, 0) is 32.0 Å².